The number of amides is 1. The fourth-order valence-corrected chi connectivity index (χ4v) is 4.77. The summed E-state index contributed by atoms with van der Waals surface area (Å²) in [6.07, 6.45) is 5.78. The minimum absolute atomic E-state index is 0.106. The first-order chi connectivity index (χ1) is 14.5. The van der Waals surface area contributed by atoms with Gasteiger partial charge in [0.2, 0.25) is 5.88 Å². The molecule has 0 bridgehead atoms. The van der Waals surface area contributed by atoms with Crippen LogP contribution in [0.1, 0.15) is 62.8 Å². The Labute approximate surface area is 189 Å². The van der Waals surface area contributed by atoms with Gasteiger partial charge in [-0.25, -0.2) is 4.98 Å². The van der Waals surface area contributed by atoms with Gasteiger partial charge in [-0.3, -0.25) is 10.1 Å². The van der Waals surface area contributed by atoms with Crippen molar-refractivity contribution in [1.82, 2.24) is 15.6 Å². The summed E-state index contributed by atoms with van der Waals surface area (Å²) in [7, 11) is 1.63. The van der Waals surface area contributed by atoms with E-state index in [0.717, 1.165) is 23.1 Å². The lowest BCUT2D eigenvalue weighted by molar-refractivity contribution is -0.115. The lowest BCUT2D eigenvalue weighted by Crippen LogP contribution is -2.34. The molecule has 6 heteroatoms. The van der Waals surface area contributed by atoms with Crippen LogP contribution < -0.4 is 15.4 Å². The lowest BCUT2D eigenvalue weighted by atomic mass is 9.62. The fourth-order valence-electron chi connectivity index (χ4n) is 4.56. The number of methoxy groups -OCH3 is 1. The first-order valence-electron chi connectivity index (χ1n) is 10.6. The maximum Gasteiger partial charge on any atom is 0.273 e. The Morgan fingerprint density at radius 1 is 1.03 bits per heavy atom. The van der Waals surface area contributed by atoms with Crippen molar-refractivity contribution < 1.29 is 9.53 Å². The molecule has 1 aliphatic carbocycles. The van der Waals surface area contributed by atoms with Gasteiger partial charge in [0.1, 0.15) is 5.70 Å². The molecule has 1 aromatic carbocycles. The highest BCUT2D eigenvalue weighted by Gasteiger charge is 2.37. The van der Waals surface area contributed by atoms with Crippen molar-refractivity contribution in [2.24, 2.45) is 0 Å². The number of benzene rings is 1. The highest BCUT2D eigenvalue weighted by molar-refractivity contribution is 7.80. The average molecular weight is 436 g/mol. The number of rotatable bonds is 3. The summed E-state index contributed by atoms with van der Waals surface area (Å²) in [5.74, 6) is 0.328. The third-order valence-corrected chi connectivity index (χ3v) is 6.79. The predicted octanol–water partition coefficient (Wildman–Crippen LogP) is 4.76. The Hall–Kier alpha value is -2.73. The number of nitrogens with zero attached hydrogens (tertiary/aromatic N) is 1. The molecule has 2 aliphatic rings. The first kappa shape index (κ1) is 21.5. The molecule has 1 aromatic heterocycles. The van der Waals surface area contributed by atoms with Gasteiger partial charge in [-0.2, -0.15) is 0 Å². The van der Waals surface area contributed by atoms with Crippen LogP contribution in [0.5, 0.6) is 5.88 Å². The van der Waals surface area contributed by atoms with E-state index < -0.39 is 0 Å². The number of fused-ring (bicyclic) bond motifs is 1. The quantitative estimate of drug-likeness (QED) is 0.538. The number of thiocarbonyl (C=S) groups is 1. The standard InChI is InChI=1S/C25H29N3O2S/c1-14-9-18-19(25(4,5)8-7-24(18,2)3)12-16(14)17-10-15(13-26-22(17)30-6)11-20-21(29)28-23(31)27-20/h9-13H,7-8H2,1-6H3,(H2,27,28,29,31)/b20-11-. The molecular formula is C25H29N3O2S. The van der Waals surface area contributed by atoms with E-state index in [1.54, 1.807) is 19.4 Å². The van der Waals surface area contributed by atoms with Gasteiger partial charge in [0.25, 0.3) is 5.91 Å². The van der Waals surface area contributed by atoms with Gasteiger partial charge in [-0.05, 0) is 88.8 Å². The van der Waals surface area contributed by atoms with E-state index in [2.05, 4.69) is 62.4 Å². The van der Waals surface area contributed by atoms with Gasteiger partial charge < -0.3 is 10.1 Å². The Balaban J connectivity index is 1.87. The Bertz CT molecular complexity index is 1130. The van der Waals surface area contributed by atoms with Gasteiger partial charge in [0.15, 0.2) is 5.11 Å². The minimum Gasteiger partial charge on any atom is -0.481 e. The normalized spacial score (nSPS) is 20.3. The second kappa shape index (κ2) is 7.45. The van der Waals surface area contributed by atoms with Crippen molar-refractivity contribution in [3.05, 3.63) is 52.3 Å². The lowest BCUT2D eigenvalue weighted by Gasteiger charge is -2.42. The number of ether oxygens (including phenoxy) is 1. The van der Waals surface area contributed by atoms with Crippen molar-refractivity contribution >= 4 is 29.3 Å². The number of hydrogen-bond acceptors (Lipinski definition) is 4. The van der Waals surface area contributed by atoms with E-state index in [0.29, 0.717) is 16.7 Å². The molecule has 1 fully saturated rings. The third-order valence-electron chi connectivity index (χ3n) is 6.58. The zero-order valence-corrected chi connectivity index (χ0v) is 19.8. The second-order valence-electron chi connectivity index (χ2n) is 9.77. The molecule has 4 rings (SSSR count). The largest absolute Gasteiger partial charge is 0.481 e. The number of nitrogens with one attached hydrogen (secondary N) is 2. The summed E-state index contributed by atoms with van der Waals surface area (Å²) in [4.78, 5) is 16.6. The number of carbonyl (C=O) groups excluding carboxylic acids is 1. The van der Waals surface area contributed by atoms with Crippen LogP contribution in [0.4, 0.5) is 0 Å². The van der Waals surface area contributed by atoms with E-state index in [1.165, 1.54) is 23.1 Å². The van der Waals surface area contributed by atoms with E-state index in [4.69, 9.17) is 17.0 Å². The molecule has 0 atom stereocenters. The number of pyridine rings is 1. The van der Waals surface area contributed by atoms with E-state index >= 15 is 0 Å². The average Bonchev–Trinajstić information content (AvgIpc) is 3.02. The van der Waals surface area contributed by atoms with Crippen LogP contribution in [-0.2, 0) is 15.6 Å². The van der Waals surface area contributed by atoms with Crippen LogP contribution in [0.2, 0.25) is 0 Å². The van der Waals surface area contributed by atoms with E-state index in [9.17, 15) is 4.79 Å². The summed E-state index contributed by atoms with van der Waals surface area (Å²) >= 11 is 5.03. The molecule has 162 valence electrons. The zero-order chi connectivity index (χ0) is 22.6. The van der Waals surface area contributed by atoms with Crippen LogP contribution >= 0.6 is 12.2 Å². The molecule has 31 heavy (non-hydrogen) atoms. The topological polar surface area (TPSA) is 63.2 Å². The maximum absolute atomic E-state index is 12.0. The third kappa shape index (κ3) is 3.85. The molecule has 5 nitrogen and oxygen atoms in total. The van der Waals surface area contributed by atoms with E-state index in [1.807, 2.05) is 6.07 Å². The summed E-state index contributed by atoms with van der Waals surface area (Å²) in [6.45, 7) is 11.5. The van der Waals surface area contributed by atoms with Gasteiger partial charge in [-0.1, -0.05) is 33.8 Å². The number of aryl methyl sites for hydroxylation is 1. The van der Waals surface area contributed by atoms with Gasteiger partial charge in [0, 0.05) is 11.8 Å². The van der Waals surface area contributed by atoms with Crippen molar-refractivity contribution in [2.75, 3.05) is 7.11 Å². The van der Waals surface area contributed by atoms with Gasteiger partial charge in [0.05, 0.1) is 7.11 Å². The monoisotopic (exact) mass is 435 g/mol. The molecule has 1 saturated heterocycles. The number of hydrogen-bond donors (Lipinski definition) is 2. The highest BCUT2D eigenvalue weighted by Crippen LogP contribution is 2.48. The number of carbonyl (C=O) groups is 1. The molecule has 0 spiro atoms. The molecule has 2 heterocycles. The smallest absolute Gasteiger partial charge is 0.273 e. The van der Waals surface area contributed by atoms with Crippen LogP contribution in [0.15, 0.2) is 30.1 Å². The molecule has 2 aromatic rings. The van der Waals surface area contributed by atoms with Crippen molar-refractivity contribution in [1.29, 1.82) is 0 Å². The van der Waals surface area contributed by atoms with E-state index in [-0.39, 0.29) is 16.7 Å². The van der Waals surface area contributed by atoms with Crippen molar-refractivity contribution in [3.63, 3.8) is 0 Å². The Morgan fingerprint density at radius 2 is 1.68 bits per heavy atom. The van der Waals surface area contributed by atoms with Crippen molar-refractivity contribution in [3.8, 4) is 17.0 Å². The zero-order valence-electron chi connectivity index (χ0n) is 19.0. The molecule has 2 N–H and O–H groups in total. The van der Waals surface area contributed by atoms with Gasteiger partial charge >= 0.3 is 0 Å². The van der Waals surface area contributed by atoms with Crippen molar-refractivity contribution in [2.45, 2.75) is 58.3 Å². The molecule has 0 unspecified atom stereocenters. The second-order valence-corrected chi connectivity index (χ2v) is 10.2. The predicted molar refractivity (Wildman–Crippen MR) is 128 cm³/mol. The van der Waals surface area contributed by atoms with Crippen LogP contribution in [0, 0.1) is 6.92 Å². The molecule has 1 amide bonds. The van der Waals surface area contributed by atoms with Gasteiger partial charge in [-0.15, -0.1) is 0 Å². The molecular weight excluding hydrogens is 406 g/mol. The van der Waals surface area contributed by atoms with Crippen LogP contribution in [0.3, 0.4) is 0 Å². The summed E-state index contributed by atoms with van der Waals surface area (Å²) < 4.78 is 5.61. The molecule has 1 aliphatic heterocycles. The molecule has 0 radical (unpaired) electrons. The Morgan fingerprint density at radius 3 is 2.26 bits per heavy atom. The summed E-state index contributed by atoms with van der Waals surface area (Å²) in [5.41, 5.74) is 7.49. The summed E-state index contributed by atoms with van der Waals surface area (Å²) in [6, 6.07) is 6.67. The first-order valence-corrected chi connectivity index (χ1v) is 11.0. The maximum atomic E-state index is 12.0. The minimum atomic E-state index is -0.240. The summed E-state index contributed by atoms with van der Waals surface area (Å²) in [5, 5.41) is 5.78. The van der Waals surface area contributed by atoms with Crippen LogP contribution in [0.25, 0.3) is 17.2 Å². The Kier molecular flexibility index (Phi) is 5.16. The molecule has 0 saturated carbocycles. The van der Waals surface area contributed by atoms with Crippen LogP contribution in [-0.4, -0.2) is 23.1 Å². The highest BCUT2D eigenvalue weighted by atomic mass is 32.1. The SMILES string of the molecule is COc1ncc(/C=C2\NC(=S)NC2=O)cc1-c1cc2c(cc1C)C(C)(C)CCC2(C)C. The number of aromatic nitrogens is 1. The fraction of sp³-hybridized carbons (Fsp3) is 0.400.